The van der Waals surface area contributed by atoms with Crippen LogP contribution in [0.25, 0.3) is 0 Å². The second-order valence-electron chi connectivity index (χ2n) is 2.90. The molecule has 6 heteroatoms. The van der Waals surface area contributed by atoms with Crippen molar-refractivity contribution in [2.24, 2.45) is 0 Å². The first-order valence-electron chi connectivity index (χ1n) is 3.49. The quantitative estimate of drug-likeness (QED) is 0.327. The summed E-state index contributed by atoms with van der Waals surface area (Å²) < 4.78 is 19.4. The van der Waals surface area contributed by atoms with Gasteiger partial charge in [0.05, 0.1) is 0 Å². The van der Waals surface area contributed by atoms with Gasteiger partial charge in [0.1, 0.15) is 0 Å². The van der Waals surface area contributed by atoms with E-state index in [-0.39, 0.29) is 5.57 Å². The smallest absolute Gasteiger partial charge is 0.426 e. The molecule has 0 aromatic heterocycles. The molecule has 1 N–H and O–H groups in total. The Labute approximate surface area is 77.3 Å². The average Bonchev–Trinajstić information content (AvgIpc) is 1.81. The van der Waals surface area contributed by atoms with Crippen LogP contribution in [0.5, 0.6) is 0 Å². The highest BCUT2D eigenvalue weighted by atomic mass is 31.1. The van der Waals surface area contributed by atoms with Crippen molar-refractivity contribution in [1.82, 2.24) is 0 Å². The lowest BCUT2D eigenvalue weighted by Crippen LogP contribution is -2.29. The van der Waals surface area contributed by atoms with Crippen LogP contribution in [0.15, 0.2) is 12.2 Å². The van der Waals surface area contributed by atoms with Crippen molar-refractivity contribution >= 4 is 14.2 Å². The van der Waals surface area contributed by atoms with Crippen LogP contribution >= 0.6 is 8.25 Å². The minimum atomic E-state index is -2.80. The Balaban J connectivity index is 4.24. The lowest BCUT2D eigenvalue weighted by Gasteiger charge is -2.17. The Bertz CT molecular complexity index is 245. The fraction of sp³-hybridized carbons (Fsp3) is 0.571. The van der Waals surface area contributed by atoms with E-state index in [4.69, 9.17) is 9.63 Å². The predicted molar refractivity (Wildman–Crippen MR) is 45.9 cm³/mol. The van der Waals surface area contributed by atoms with Gasteiger partial charge in [-0.15, -0.1) is 4.89 Å². The van der Waals surface area contributed by atoms with E-state index in [1.165, 1.54) is 20.8 Å². The van der Waals surface area contributed by atoms with Crippen LogP contribution in [-0.4, -0.2) is 16.6 Å². The summed E-state index contributed by atoms with van der Waals surface area (Å²) >= 11 is 0. The molecule has 0 rings (SSSR count). The number of rotatable bonds is 4. The van der Waals surface area contributed by atoms with Crippen molar-refractivity contribution in [3.8, 4) is 0 Å². The van der Waals surface area contributed by atoms with E-state index in [0.29, 0.717) is 0 Å². The molecule has 0 amide bonds. The number of carbonyl (C=O) groups excluding carboxylic acids is 1. The Kier molecular flexibility index (Phi) is 4.20. The Hall–Kier alpha value is -0.770. The Morgan fingerprint density at radius 1 is 1.54 bits per heavy atom. The summed E-state index contributed by atoms with van der Waals surface area (Å²) in [6.45, 7) is 7.54. The van der Waals surface area contributed by atoms with Gasteiger partial charge < -0.3 is 4.74 Å². The lowest BCUT2D eigenvalue weighted by atomic mass is 10.3. The molecule has 0 aliphatic carbocycles. The fourth-order valence-electron chi connectivity index (χ4n) is 0.517. The lowest BCUT2D eigenvalue weighted by molar-refractivity contribution is -0.181. The molecule has 0 saturated carbocycles. The van der Waals surface area contributed by atoms with Gasteiger partial charge in [-0.25, -0.2) is 4.79 Å². The standard InChI is InChI=1S/C7H11O5P/c1-5(2)6(8)11-7(3,4)12-13(9)10/h1H2,2-4H3/p+1. The molecule has 0 saturated heterocycles. The van der Waals surface area contributed by atoms with Crippen LogP contribution in [0, 0.1) is 0 Å². The first-order valence-corrected chi connectivity index (χ1v) is 4.62. The molecule has 0 radical (unpaired) electrons. The minimum absolute atomic E-state index is 0.199. The summed E-state index contributed by atoms with van der Waals surface area (Å²) in [5.41, 5.74) is 0.199. The van der Waals surface area contributed by atoms with Gasteiger partial charge in [0.15, 0.2) is 0 Å². The average molecular weight is 207 g/mol. The van der Waals surface area contributed by atoms with Crippen molar-refractivity contribution in [1.29, 1.82) is 0 Å². The topological polar surface area (TPSA) is 72.8 Å². The third-order valence-electron chi connectivity index (χ3n) is 0.985. The summed E-state index contributed by atoms with van der Waals surface area (Å²) in [7, 11) is -2.80. The van der Waals surface area contributed by atoms with Crippen LogP contribution in [0.3, 0.4) is 0 Å². The molecule has 0 aliphatic heterocycles. The van der Waals surface area contributed by atoms with Gasteiger partial charge in [-0.3, -0.25) is 0 Å². The Morgan fingerprint density at radius 3 is 2.31 bits per heavy atom. The third-order valence-corrected chi connectivity index (χ3v) is 1.58. The summed E-state index contributed by atoms with van der Waals surface area (Å²) in [4.78, 5) is 19.4. The molecule has 0 aliphatic rings. The van der Waals surface area contributed by atoms with E-state index in [1.807, 2.05) is 0 Å². The maximum atomic E-state index is 11.0. The molecule has 0 fully saturated rings. The van der Waals surface area contributed by atoms with E-state index in [2.05, 4.69) is 11.1 Å². The van der Waals surface area contributed by atoms with Crippen molar-refractivity contribution in [3.05, 3.63) is 12.2 Å². The third kappa shape index (κ3) is 5.47. The summed E-state index contributed by atoms with van der Waals surface area (Å²) in [5, 5.41) is 0. The number of hydrogen-bond donors (Lipinski definition) is 1. The predicted octanol–water partition coefficient (Wildman–Crippen LogP) is 1.51. The van der Waals surface area contributed by atoms with Gasteiger partial charge >= 0.3 is 14.2 Å². The van der Waals surface area contributed by atoms with E-state index in [0.717, 1.165) is 0 Å². The maximum absolute atomic E-state index is 11.0. The first kappa shape index (κ1) is 12.2. The van der Waals surface area contributed by atoms with Crippen LogP contribution < -0.4 is 0 Å². The zero-order chi connectivity index (χ0) is 10.6. The maximum Gasteiger partial charge on any atom is 0.698 e. The first-order chi connectivity index (χ1) is 5.74. The van der Waals surface area contributed by atoms with Gasteiger partial charge in [0, 0.05) is 24.0 Å². The number of hydrogen-bond acceptors (Lipinski definition) is 4. The monoisotopic (exact) mass is 207 g/mol. The summed E-state index contributed by atoms with van der Waals surface area (Å²) in [5.74, 6) is -2.08. The molecule has 0 spiro atoms. The van der Waals surface area contributed by atoms with Crippen molar-refractivity contribution in [2.75, 3.05) is 0 Å². The van der Waals surface area contributed by atoms with Gasteiger partial charge in [-0.05, 0) is 6.92 Å². The highest BCUT2D eigenvalue weighted by Gasteiger charge is 2.34. The van der Waals surface area contributed by atoms with Crippen molar-refractivity contribution < 1.29 is 23.5 Å². The van der Waals surface area contributed by atoms with E-state index in [9.17, 15) is 9.36 Å². The van der Waals surface area contributed by atoms with E-state index < -0.39 is 20.0 Å². The van der Waals surface area contributed by atoms with Crippen molar-refractivity contribution in [2.45, 2.75) is 26.6 Å². The van der Waals surface area contributed by atoms with E-state index >= 15 is 0 Å². The van der Waals surface area contributed by atoms with E-state index in [1.54, 1.807) is 0 Å². The fourth-order valence-corrected chi connectivity index (χ4v) is 0.930. The largest absolute Gasteiger partial charge is 0.698 e. The molecule has 74 valence electrons. The Morgan fingerprint density at radius 2 is 2.00 bits per heavy atom. The molecule has 1 unspecified atom stereocenters. The minimum Gasteiger partial charge on any atom is -0.426 e. The zero-order valence-corrected chi connectivity index (χ0v) is 8.63. The van der Waals surface area contributed by atoms with Gasteiger partial charge in [-0.1, -0.05) is 11.1 Å². The second-order valence-corrected chi connectivity index (χ2v) is 3.56. The molecule has 0 aromatic carbocycles. The van der Waals surface area contributed by atoms with Crippen LogP contribution in [0.1, 0.15) is 20.8 Å². The van der Waals surface area contributed by atoms with Gasteiger partial charge in [0.25, 0.3) is 5.79 Å². The SMILES string of the molecule is C=C(C)C(=O)OC(C)(C)O[P+](=O)O. The second kappa shape index (κ2) is 4.46. The molecule has 0 aromatic rings. The number of carbonyl (C=O) groups is 1. The molecule has 5 nitrogen and oxygen atoms in total. The van der Waals surface area contributed by atoms with Crippen LogP contribution in [0.2, 0.25) is 0 Å². The summed E-state index contributed by atoms with van der Waals surface area (Å²) in [6.07, 6.45) is 0. The highest BCUT2D eigenvalue weighted by molar-refractivity contribution is 7.32. The molecule has 13 heavy (non-hydrogen) atoms. The van der Waals surface area contributed by atoms with Crippen molar-refractivity contribution in [3.63, 3.8) is 0 Å². The normalized spacial score (nSPS) is 12.2. The zero-order valence-electron chi connectivity index (χ0n) is 7.73. The molecular weight excluding hydrogens is 195 g/mol. The molecular formula is C7H12O5P+. The van der Waals surface area contributed by atoms with Crippen LogP contribution in [-0.2, 0) is 18.6 Å². The number of esters is 1. The van der Waals surface area contributed by atoms with Crippen LogP contribution in [0.4, 0.5) is 0 Å². The molecule has 0 heterocycles. The summed E-state index contributed by atoms with van der Waals surface area (Å²) in [6, 6.07) is 0. The number of ether oxygens (including phenoxy) is 1. The molecule has 0 bridgehead atoms. The molecule has 1 atom stereocenters. The van der Waals surface area contributed by atoms with Gasteiger partial charge in [-0.2, -0.15) is 0 Å². The highest BCUT2D eigenvalue weighted by Crippen LogP contribution is 2.27. The van der Waals surface area contributed by atoms with Gasteiger partial charge in [0.2, 0.25) is 0 Å².